The molecular formula is C11H15BrN2O5. The van der Waals surface area contributed by atoms with Crippen molar-refractivity contribution in [1.29, 1.82) is 0 Å². The van der Waals surface area contributed by atoms with Crippen molar-refractivity contribution in [3.8, 4) is 0 Å². The van der Waals surface area contributed by atoms with E-state index in [1.54, 1.807) is 0 Å². The molecule has 0 aliphatic heterocycles. The molecule has 1 atom stereocenters. The molecule has 7 nitrogen and oxygen atoms in total. The van der Waals surface area contributed by atoms with Crippen molar-refractivity contribution in [2.45, 2.75) is 32.6 Å². The van der Waals surface area contributed by atoms with Gasteiger partial charge in [-0.1, -0.05) is 0 Å². The zero-order chi connectivity index (χ0) is 14.6. The summed E-state index contributed by atoms with van der Waals surface area (Å²) in [6.07, 6.45) is 0.156. The maximum absolute atomic E-state index is 11.8. The predicted octanol–water partition coefficient (Wildman–Crippen LogP) is 1.30. The molecule has 8 heteroatoms. The molecule has 0 spiro atoms. The normalized spacial score (nSPS) is 12.7. The molecule has 1 rings (SSSR count). The average molecular weight is 335 g/mol. The fourth-order valence-corrected chi connectivity index (χ4v) is 1.87. The van der Waals surface area contributed by atoms with Crippen molar-refractivity contribution >= 4 is 21.6 Å². The van der Waals surface area contributed by atoms with Crippen molar-refractivity contribution < 1.29 is 14.8 Å². The second kappa shape index (κ2) is 6.78. The number of hydrogen-bond donors (Lipinski definition) is 1. The average Bonchev–Trinajstić information content (AvgIpc) is 2.31. The van der Waals surface area contributed by atoms with Crippen LogP contribution < -0.4 is 5.56 Å². The first-order chi connectivity index (χ1) is 8.81. The Balaban J connectivity index is 2.88. The Bertz CT molecular complexity index is 514. The minimum Gasteiger partial charge on any atom is -0.389 e. The van der Waals surface area contributed by atoms with Gasteiger partial charge in [0, 0.05) is 6.07 Å². The number of halogens is 1. The number of aliphatic hydroxyl groups excluding tert-OH is 1. The summed E-state index contributed by atoms with van der Waals surface area (Å²) in [5.74, 6) is 0. The first-order valence-electron chi connectivity index (χ1n) is 5.65. The maximum Gasteiger partial charge on any atom is 0.286 e. The molecule has 1 heterocycles. The van der Waals surface area contributed by atoms with Gasteiger partial charge in [0.25, 0.3) is 11.2 Å². The van der Waals surface area contributed by atoms with Crippen LogP contribution in [-0.2, 0) is 11.3 Å². The van der Waals surface area contributed by atoms with Crippen LogP contribution in [0.15, 0.2) is 21.5 Å². The molecule has 0 saturated heterocycles. The zero-order valence-electron chi connectivity index (χ0n) is 10.6. The molecule has 1 unspecified atom stereocenters. The lowest BCUT2D eigenvalue weighted by Crippen LogP contribution is -2.30. The molecule has 0 fully saturated rings. The van der Waals surface area contributed by atoms with Crippen LogP contribution >= 0.6 is 15.9 Å². The summed E-state index contributed by atoms with van der Waals surface area (Å²) in [5, 5.41) is 20.4. The number of aromatic nitrogens is 1. The highest BCUT2D eigenvalue weighted by Crippen LogP contribution is 2.14. The smallest absolute Gasteiger partial charge is 0.286 e. The molecule has 0 saturated carbocycles. The summed E-state index contributed by atoms with van der Waals surface area (Å²) in [6.45, 7) is 3.64. The highest BCUT2D eigenvalue weighted by molar-refractivity contribution is 9.10. The molecule has 106 valence electrons. The quantitative estimate of drug-likeness (QED) is 0.625. The third kappa shape index (κ3) is 4.73. The van der Waals surface area contributed by atoms with Crippen LogP contribution in [0.3, 0.4) is 0 Å². The lowest BCUT2D eigenvalue weighted by Gasteiger charge is -2.14. The van der Waals surface area contributed by atoms with E-state index in [2.05, 4.69) is 15.9 Å². The lowest BCUT2D eigenvalue weighted by atomic mass is 10.3. The van der Waals surface area contributed by atoms with Crippen LogP contribution in [0.5, 0.6) is 0 Å². The zero-order valence-corrected chi connectivity index (χ0v) is 12.2. The summed E-state index contributed by atoms with van der Waals surface area (Å²) in [4.78, 5) is 21.9. The molecule has 1 N–H and O–H groups in total. The fourth-order valence-electron chi connectivity index (χ4n) is 1.40. The van der Waals surface area contributed by atoms with Gasteiger partial charge in [-0.15, -0.1) is 0 Å². The van der Waals surface area contributed by atoms with Crippen molar-refractivity contribution in [3.05, 3.63) is 37.2 Å². The molecule has 0 amide bonds. The van der Waals surface area contributed by atoms with Gasteiger partial charge in [-0.25, -0.2) is 0 Å². The lowest BCUT2D eigenvalue weighted by molar-refractivity contribution is -0.385. The number of nitro groups is 1. The first-order valence-corrected chi connectivity index (χ1v) is 6.44. The van der Waals surface area contributed by atoms with Gasteiger partial charge >= 0.3 is 0 Å². The minimum atomic E-state index is -0.908. The van der Waals surface area contributed by atoms with Crippen LogP contribution in [0.2, 0.25) is 0 Å². The molecule has 0 bridgehead atoms. The number of aliphatic hydroxyl groups is 1. The molecule has 0 radical (unpaired) electrons. The molecule has 1 aromatic heterocycles. The summed E-state index contributed by atoms with van der Waals surface area (Å²) >= 11 is 2.97. The molecule has 0 aliphatic rings. The number of rotatable bonds is 6. The fraction of sp³-hybridized carbons (Fsp3) is 0.545. The Hall–Kier alpha value is -1.25. The summed E-state index contributed by atoms with van der Waals surface area (Å²) < 4.78 is 6.39. The largest absolute Gasteiger partial charge is 0.389 e. The molecule has 0 aromatic carbocycles. The van der Waals surface area contributed by atoms with Gasteiger partial charge in [-0.2, -0.15) is 0 Å². The predicted molar refractivity (Wildman–Crippen MR) is 72.2 cm³/mol. The Morgan fingerprint density at radius 2 is 2.21 bits per heavy atom. The van der Waals surface area contributed by atoms with Crippen molar-refractivity contribution in [2.24, 2.45) is 0 Å². The van der Waals surface area contributed by atoms with Gasteiger partial charge in [0.2, 0.25) is 0 Å². The van der Waals surface area contributed by atoms with Gasteiger partial charge in [0.1, 0.15) is 0 Å². The van der Waals surface area contributed by atoms with E-state index in [4.69, 9.17) is 4.74 Å². The van der Waals surface area contributed by atoms with Crippen molar-refractivity contribution in [1.82, 2.24) is 4.57 Å². The van der Waals surface area contributed by atoms with E-state index in [-0.39, 0.29) is 29.4 Å². The Kier molecular flexibility index (Phi) is 5.64. The first kappa shape index (κ1) is 15.8. The van der Waals surface area contributed by atoms with E-state index < -0.39 is 16.6 Å². The molecule has 1 aromatic rings. The molecular weight excluding hydrogens is 320 g/mol. The second-order valence-corrected chi connectivity index (χ2v) is 5.15. The van der Waals surface area contributed by atoms with Gasteiger partial charge < -0.3 is 14.4 Å². The number of hydrogen-bond acceptors (Lipinski definition) is 5. The van der Waals surface area contributed by atoms with Gasteiger partial charge in [0.05, 0.1) is 41.0 Å². The van der Waals surface area contributed by atoms with E-state index in [1.165, 1.54) is 0 Å². The summed E-state index contributed by atoms with van der Waals surface area (Å²) in [6, 6.07) is 1.13. The number of nitrogens with zero attached hydrogens (tertiary/aromatic N) is 2. The third-order valence-electron chi connectivity index (χ3n) is 2.27. The molecule has 0 aliphatic carbocycles. The van der Waals surface area contributed by atoms with Crippen LogP contribution in [0.4, 0.5) is 5.69 Å². The van der Waals surface area contributed by atoms with Crippen LogP contribution in [0, 0.1) is 10.1 Å². The topological polar surface area (TPSA) is 94.6 Å². The van der Waals surface area contributed by atoms with E-state index in [9.17, 15) is 20.0 Å². The Morgan fingerprint density at radius 1 is 1.58 bits per heavy atom. The van der Waals surface area contributed by atoms with E-state index in [1.807, 2.05) is 13.8 Å². The number of pyridine rings is 1. The summed E-state index contributed by atoms with van der Waals surface area (Å²) in [5.41, 5.74) is -0.655. The highest BCUT2D eigenvalue weighted by Gasteiger charge is 2.15. The van der Waals surface area contributed by atoms with E-state index in [0.717, 1.165) is 16.8 Å². The maximum atomic E-state index is 11.8. The number of ether oxygens (including phenoxy) is 1. The van der Waals surface area contributed by atoms with E-state index in [0.29, 0.717) is 0 Å². The Labute approximate surface area is 118 Å². The SMILES string of the molecule is CC(C)OCC(O)Cn1cc([N+](=O)[O-])cc(Br)c1=O. The Morgan fingerprint density at radius 3 is 2.74 bits per heavy atom. The summed E-state index contributed by atoms with van der Waals surface area (Å²) in [7, 11) is 0. The molecule has 19 heavy (non-hydrogen) atoms. The monoisotopic (exact) mass is 334 g/mol. The van der Waals surface area contributed by atoms with Crippen LogP contribution in [0.1, 0.15) is 13.8 Å². The van der Waals surface area contributed by atoms with Crippen LogP contribution in [0.25, 0.3) is 0 Å². The second-order valence-electron chi connectivity index (χ2n) is 4.30. The third-order valence-corrected chi connectivity index (χ3v) is 2.84. The highest BCUT2D eigenvalue weighted by atomic mass is 79.9. The van der Waals surface area contributed by atoms with Gasteiger partial charge in [0.15, 0.2) is 0 Å². The standard InChI is InChI=1S/C11H15BrN2O5/c1-7(2)19-6-9(15)5-13-4-8(14(17)18)3-10(12)11(13)16/h3-4,7,9,15H,5-6H2,1-2H3. The van der Waals surface area contributed by atoms with Crippen molar-refractivity contribution in [2.75, 3.05) is 6.61 Å². The van der Waals surface area contributed by atoms with Crippen LogP contribution in [-0.4, -0.2) is 33.4 Å². The van der Waals surface area contributed by atoms with Gasteiger partial charge in [-0.3, -0.25) is 14.9 Å². The minimum absolute atomic E-state index is 0.0387. The van der Waals surface area contributed by atoms with E-state index >= 15 is 0 Å². The van der Waals surface area contributed by atoms with Gasteiger partial charge in [-0.05, 0) is 29.8 Å². The van der Waals surface area contributed by atoms with Crippen molar-refractivity contribution in [3.63, 3.8) is 0 Å².